The second kappa shape index (κ2) is 3.39. The van der Waals surface area contributed by atoms with Crippen molar-refractivity contribution < 1.29 is 0 Å². The molecule has 0 unspecified atom stereocenters. The summed E-state index contributed by atoms with van der Waals surface area (Å²) in [5, 5.41) is 0. The van der Waals surface area contributed by atoms with Crippen molar-refractivity contribution in [3.63, 3.8) is 0 Å². The second-order valence-electron chi connectivity index (χ2n) is 3.01. The number of aryl methyl sites for hydroxylation is 1. The average molecular weight is 231 g/mol. The molecule has 0 saturated carbocycles. The van der Waals surface area contributed by atoms with Gasteiger partial charge in [-0.05, 0) is 22.9 Å². The van der Waals surface area contributed by atoms with Gasteiger partial charge in [-0.2, -0.15) is 0 Å². The van der Waals surface area contributed by atoms with Crippen LogP contribution in [0.25, 0.3) is 0 Å². The van der Waals surface area contributed by atoms with Gasteiger partial charge >= 0.3 is 0 Å². The van der Waals surface area contributed by atoms with E-state index in [1.165, 1.54) is 0 Å². The van der Waals surface area contributed by atoms with E-state index >= 15 is 0 Å². The van der Waals surface area contributed by atoms with Crippen LogP contribution in [-0.2, 0) is 0 Å². The summed E-state index contributed by atoms with van der Waals surface area (Å²) >= 11 is 3.16. The lowest BCUT2D eigenvalue weighted by Gasteiger charge is -2.05. The van der Waals surface area contributed by atoms with Crippen LogP contribution in [-0.4, -0.2) is 9.97 Å². The SMILES string of the molecule is Cc1nc(C(C)C)[nH]c(=O)c1Br. The van der Waals surface area contributed by atoms with Crippen molar-refractivity contribution in [2.75, 3.05) is 0 Å². The third kappa shape index (κ3) is 1.75. The largest absolute Gasteiger partial charge is 0.309 e. The zero-order chi connectivity index (χ0) is 9.30. The summed E-state index contributed by atoms with van der Waals surface area (Å²) in [6, 6.07) is 0. The molecule has 0 aliphatic carbocycles. The van der Waals surface area contributed by atoms with Crippen molar-refractivity contribution in [1.82, 2.24) is 9.97 Å². The van der Waals surface area contributed by atoms with Crippen LogP contribution in [0.15, 0.2) is 9.27 Å². The van der Waals surface area contributed by atoms with E-state index in [4.69, 9.17) is 0 Å². The number of rotatable bonds is 1. The smallest absolute Gasteiger partial charge is 0.265 e. The van der Waals surface area contributed by atoms with Crippen LogP contribution in [0.2, 0.25) is 0 Å². The maximum absolute atomic E-state index is 11.2. The highest BCUT2D eigenvalue weighted by Crippen LogP contribution is 2.11. The Labute approximate surface area is 79.4 Å². The van der Waals surface area contributed by atoms with Gasteiger partial charge in [-0.25, -0.2) is 4.98 Å². The molecule has 0 spiro atoms. The molecule has 0 aliphatic rings. The van der Waals surface area contributed by atoms with Gasteiger partial charge in [-0.3, -0.25) is 4.79 Å². The molecule has 0 amide bonds. The fraction of sp³-hybridized carbons (Fsp3) is 0.500. The predicted octanol–water partition coefficient (Wildman–Crippen LogP) is 1.96. The standard InChI is InChI=1S/C8H11BrN2O/c1-4(2)7-10-5(3)6(9)8(12)11-7/h4H,1-3H3,(H,10,11,12). The minimum absolute atomic E-state index is 0.105. The number of hydrogen-bond donors (Lipinski definition) is 1. The molecule has 66 valence electrons. The number of aromatic amines is 1. The van der Waals surface area contributed by atoms with E-state index in [9.17, 15) is 4.79 Å². The first-order valence-electron chi connectivity index (χ1n) is 3.78. The fourth-order valence-corrected chi connectivity index (χ4v) is 1.05. The quantitative estimate of drug-likeness (QED) is 0.802. The van der Waals surface area contributed by atoms with Gasteiger partial charge in [0.2, 0.25) is 0 Å². The van der Waals surface area contributed by atoms with Crippen LogP contribution in [0.5, 0.6) is 0 Å². The molecule has 1 aromatic heterocycles. The first-order valence-corrected chi connectivity index (χ1v) is 4.58. The normalized spacial score (nSPS) is 10.8. The Morgan fingerprint density at radius 2 is 2.08 bits per heavy atom. The molecule has 0 atom stereocenters. The molecule has 4 heteroatoms. The van der Waals surface area contributed by atoms with Gasteiger partial charge < -0.3 is 4.98 Å². The number of nitrogens with one attached hydrogen (secondary N) is 1. The maximum Gasteiger partial charge on any atom is 0.265 e. The third-order valence-electron chi connectivity index (χ3n) is 1.59. The Kier molecular flexibility index (Phi) is 2.67. The van der Waals surface area contributed by atoms with Crippen molar-refractivity contribution in [3.05, 3.63) is 26.3 Å². The van der Waals surface area contributed by atoms with Gasteiger partial charge in [0.25, 0.3) is 5.56 Å². The summed E-state index contributed by atoms with van der Waals surface area (Å²) < 4.78 is 0.520. The van der Waals surface area contributed by atoms with Crippen molar-refractivity contribution in [2.45, 2.75) is 26.7 Å². The molecule has 1 heterocycles. The van der Waals surface area contributed by atoms with E-state index in [1.807, 2.05) is 20.8 Å². The summed E-state index contributed by atoms with van der Waals surface area (Å²) in [5.74, 6) is 0.991. The Hall–Kier alpha value is -0.640. The highest BCUT2D eigenvalue weighted by atomic mass is 79.9. The van der Waals surface area contributed by atoms with Gasteiger partial charge in [0.1, 0.15) is 10.3 Å². The average Bonchev–Trinajstić information content (AvgIpc) is 1.99. The molecule has 3 nitrogen and oxygen atoms in total. The number of aromatic nitrogens is 2. The van der Waals surface area contributed by atoms with Crippen LogP contribution in [0.4, 0.5) is 0 Å². The molecule has 0 aliphatic heterocycles. The first-order chi connectivity index (χ1) is 5.52. The van der Waals surface area contributed by atoms with Crippen LogP contribution < -0.4 is 5.56 Å². The van der Waals surface area contributed by atoms with Crippen molar-refractivity contribution in [3.8, 4) is 0 Å². The Morgan fingerprint density at radius 1 is 1.50 bits per heavy atom. The third-order valence-corrected chi connectivity index (χ3v) is 2.53. The van der Waals surface area contributed by atoms with Crippen molar-refractivity contribution in [2.24, 2.45) is 0 Å². The molecule has 1 N–H and O–H groups in total. The monoisotopic (exact) mass is 230 g/mol. The number of hydrogen-bond acceptors (Lipinski definition) is 2. The summed E-state index contributed by atoms with van der Waals surface area (Å²) in [5.41, 5.74) is 0.633. The van der Waals surface area contributed by atoms with E-state index in [0.717, 1.165) is 11.5 Å². The van der Waals surface area contributed by atoms with E-state index in [0.29, 0.717) is 4.47 Å². The topological polar surface area (TPSA) is 45.8 Å². The van der Waals surface area contributed by atoms with Gasteiger partial charge in [0.15, 0.2) is 0 Å². The lowest BCUT2D eigenvalue weighted by atomic mass is 10.2. The molecule has 0 bridgehead atoms. The minimum atomic E-state index is -0.105. The molecule has 0 aromatic carbocycles. The highest BCUT2D eigenvalue weighted by Gasteiger charge is 2.06. The van der Waals surface area contributed by atoms with E-state index < -0.39 is 0 Å². The summed E-state index contributed by atoms with van der Waals surface area (Å²) in [6.45, 7) is 5.79. The van der Waals surface area contributed by atoms with Crippen LogP contribution >= 0.6 is 15.9 Å². The Morgan fingerprint density at radius 3 is 2.50 bits per heavy atom. The lowest BCUT2D eigenvalue weighted by Crippen LogP contribution is -2.14. The summed E-state index contributed by atoms with van der Waals surface area (Å²) in [4.78, 5) is 18.2. The van der Waals surface area contributed by atoms with E-state index in [-0.39, 0.29) is 11.5 Å². The molecule has 12 heavy (non-hydrogen) atoms. The van der Waals surface area contributed by atoms with E-state index in [2.05, 4.69) is 25.9 Å². The molecule has 0 radical (unpaired) electrons. The Bertz CT molecular complexity index is 343. The van der Waals surface area contributed by atoms with Crippen molar-refractivity contribution in [1.29, 1.82) is 0 Å². The number of H-pyrrole nitrogens is 1. The van der Waals surface area contributed by atoms with Gasteiger partial charge in [0, 0.05) is 5.92 Å². The summed E-state index contributed by atoms with van der Waals surface area (Å²) in [6.07, 6.45) is 0. The van der Waals surface area contributed by atoms with Crippen LogP contribution in [0.3, 0.4) is 0 Å². The molecule has 1 aromatic rings. The lowest BCUT2D eigenvalue weighted by molar-refractivity contribution is 0.755. The maximum atomic E-state index is 11.2. The van der Waals surface area contributed by atoms with E-state index in [1.54, 1.807) is 0 Å². The predicted molar refractivity (Wildman–Crippen MR) is 51.4 cm³/mol. The van der Waals surface area contributed by atoms with Gasteiger partial charge in [-0.15, -0.1) is 0 Å². The second-order valence-corrected chi connectivity index (χ2v) is 3.80. The molecular weight excluding hydrogens is 220 g/mol. The fourth-order valence-electron chi connectivity index (χ4n) is 0.867. The number of nitrogens with zero attached hydrogens (tertiary/aromatic N) is 1. The van der Waals surface area contributed by atoms with Gasteiger partial charge in [0.05, 0.1) is 5.69 Å². The zero-order valence-corrected chi connectivity index (χ0v) is 8.90. The van der Waals surface area contributed by atoms with Crippen LogP contribution in [0, 0.1) is 6.92 Å². The zero-order valence-electron chi connectivity index (χ0n) is 7.31. The molecule has 0 saturated heterocycles. The molecule has 1 rings (SSSR count). The highest BCUT2D eigenvalue weighted by molar-refractivity contribution is 9.10. The first kappa shape index (κ1) is 9.45. The Balaban J connectivity index is 3.31. The molecule has 0 fully saturated rings. The van der Waals surface area contributed by atoms with Crippen molar-refractivity contribution >= 4 is 15.9 Å². The number of halogens is 1. The van der Waals surface area contributed by atoms with Crippen LogP contribution in [0.1, 0.15) is 31.3 Å². The molecular formula is C8H11BrN2O. The minimum Gasteiger partial charge on any atom is -0.309 e. The van der Waals surface area contributed by atoms with Gasteiger partial charge in [-0.1, -0.05) is 13.8 Å². The summed E-state index contributed by atoms with van der Waals surface area (Å²) in [7, 11) is 0.